The molecule has 0 aliphatic heterocycles. The number of hydrogen-bond acceptors (Lipinski definition) is 5. The lowest BCUT2D eigenvalue weighted by atomic mass is 9.85. The highest BCUT2D eigenvalue weighted by Crippen LogP contribution is 2.40. The van der Waals surface area contributed by atoms with Crippen LogP contribution < -0.4 is 10.6 Å². The van der Waals surface area contributed by atoms with E-state index in [0.717, 1.165) is 41.7 Å². The molecule has 1 aromatic heterocycles. The van der Waals surface area contributed by atoms with Gasteiger partial charge in [-0.1, -0.05) is 43.7 Å². The monoisotopic (exact) mass is 430 g/mol. The predicted octanol–water partition coefficient (Wildman–Crippen LogP) is 3.23. The maximum atomic E-state index is 13.0. The van der Waals surface area contributed by atoms with Gasteiger partial charge in [0.1, 0.15) is 18.2 Å². The molecule has 0 saturated carbocycles. The van der Waals surface area contributed by atoms with E-state index in [4.69, 9.17) is 9.84 Å². The maximum absolute atomic E-state index is 13.0. The van der Waals surface area contributed by atoms with Gasteiger partial charge in [0.05, 0.1) is 5.56 Å². The number of ether oxygens (including phenoxy) is 1. The van der Waals surface area contributed by atoms with Gasteiger partial charge in [-0.3, -0.25) is 9.59 Å². The van der Waals surface area contributed by atoms with Crippen LogP contribution in [0.25, 0.3) is 0 Å². The fourth-order valence-electron chi connectivity index (χ4n) is 3.59. The summed E-state index contributed by atoms with van der Waals surface area (Å²) in [5, 5.41) is 14.9. The van der Waals surface area contributed by atoms with Crippen molar-refractivity contribution in [3.8, 4) is 0 Å². The third-order valence-electron chi connectivity index (χ3n) is 5.18. The molecule has 0 spiro atoms. The highest BCUT2D eigenvalue weighted by molar-refractivity contribution is 7.17. The van der Waals surface area contributed by atoms with Crippen LogP contribution in [0.3, 0.4) is 0 Å². The summed E-state index contributed by atoms with van der Waals surface area (Å²) in [7, 11) is 0. The minimum atomic E-state index is -1.14. The van der Waals surface area contributed by atoms with E-state index >= 15 is 0 Å². The Labute approximate surface area is 179 Å². The summed E-state index contributed by atoms with van der Waals surface area (Å²) in [5.41, 5.74) is 2.53. The molecular weight excluding hydrogens is 404 g/mol. The lowest BCUT2D eigenvalue weighted by molar-refractivity contribution is -0.143. The highest BCUT2D eigenvalue weighted by Gasteiger charge is 2.29. The molecule has 3 N–H and O–H groups in total. The molecule has 0 unspecified atom stereocenters. The van der Waals surface area contributed by atoms with Gasteiger partial charge in [-0.25, -0.2) is 4.79 Å². The molecule has 30 heavy (non-hydrogen) atoms. The molecule has 1 aliphatic carbocycles. The van der Waals surface area contributed by atoms with Crippen LogP contribution in [-0.2, 0) is 33.7 Å². The second-order valence-corrected chi connectivity index (χ2v) is 8.43. The van der Waals surface area contributed by atoms with Gasteiger partial charge in [-0.2, -0.15) is 0 Å². The average molecular weight is 431 g/mol. The standard InChI is InChI=1S/C22H26N2O5S/c1-2-14-8-9-16-17(10-14)30-22(24-18(25)12-29-13-19(26)27)20(16)21(28)23-11-15-6-4-3-5-7-15/h3-7,14H,2,8-13H2,1H3,(H,23,28)(H,24,25)(H,26,27)/t14-/m0/s1. The summed E-state index contributed by atoms with van der Waals surface area (Å²) in [4.78, 5) is 37.0. The van der Waals surface area contributed by atoms with Gasteiger partial charge in [-0.05, 0) is 36.3 Å². The molecule has 1 aliphatic rings. The molecule has 7 nitrogen and oxygen atoms in total. The van der Waals surface area contributed by atoms with Crippen LogP contribution in [0.15, 0.2) is 30.3 Å². The van der Waals surface area contributed by atoms with E-state index < -0.39 is 18.5 Å². The molecule has 0 bridgehead atoms. The van der Waals surface area contributed by atoms with Crippen LogP contribution in [0.2, 0.25) is 0 Å². The third-order valence-corrected chi connectivity index (χ3v) is 6.35. The molecule has 0 radical (unpaired) electrons. The molecule has 160 valence electrons. The van der Waals surface area contributed by atoms with Crippen LogP contribution in [0.5, 0.6) is 0 Å². The number of fused-ring (bicyclic) bond motifs is 1. The normalized spacial score (nSPS) is 15.3. The van der Waals surface area contributed by atoms with E-state index in [1.54, 1.807) is 0 Å². The van der Waals surface area contributed by atoms with Gasteiger partial charge >= 0.3 is 5.97 Å². The molecule has 2 amide bonds. The summed E-state index contributed by atoms with van der Waals surface area (Å²) in [6, 6.07) is 9.64. The Kier molecular flexibility index (Phi) is 7.59. The quantitative estimate of drug-likeness (QED) is 0.567. The van der Waals surface area contributed by atoms with Crippen molar-refractivity contribution < 1.29 is 24.2 Å². The topological polar surface area (TPSA) is 105 Å². The van der Waals surface area contributed by atoms with E-state index in [2.05, 4.69) is 17.6 Å². The predicted molar refractivity (Wildman–Crippen MR) is 115 cm³/mol. The van der Waals surface area contributed by atoms with E-state index in [1.165, 1.54) is 11.3 Å². The molecular formula is C22H26N2O5S. The van der Waals surface area contributed by atoms with Crippen LogP contribution in [-0.4, -0.2) is 36.1 Å². The van der Waals surface area contributed by atoms with Crippen molar-refractivity contribution in [2.24, 2.45) is 5.92 Å². The van der Waals surface area contributed by atoms with E-state index in [-0.39, 0.29) is 12.5 Å². The number of carbonyl (C=O) groups excluding carboxylic acids is 2. The number of rotatable bonds is 9. The second-order valence-electron chi connectivity index (χ2n) is 7.33. The zero-order valence-corrected chi connectivity index (χ0v) is 17.7. The molecule has 1 aromatic carbocycles. The minimum Gasteiger partial charge on any atom is -0.480 e. The molecule has 3 rings (SSSR count). The average Bonchev–Trinajstić information content (AvgIpc) is 3.09. The summed E-state index contributed by atoms with van der Waals surface area (Å²) < 4.78 is 4.86. The number of anilines is 1. The van der Waals surface area contributed by atoms with Gasteiger partial charge in [0.15, 0.2) is 0 Å². The highest BCUT2D eigenvalue weighted by atomic mass is 32.1. The summed E-state index contributed by atoms with van der Waals surface area (Å²) in [5.74, 6) is -1.24. The molecule has 0 saturated heterocycles. The molecule has 8 heteroatoms. The van der Waals surface area contributed by atoms with Crippen molar-refractivity contribution in [1.82, 2.24) is 5.32 Å². The lowest BCUT2D eigenvalue weighted by Crippen LogP contribution is -2.27. The zero-order valence-electron chi connectivity index (χ0n) is 16.9. The van der Waals surface area contributed by atoms with Crippen molar-refractivity contribution in [2.45, 2.75) is 39.2 Å². The third kappa shape index (κ3) is 5.67. The fraction of sp³-hybridized carbons (Fsp3) is 0.409. The van der Waals surface area contributed by atoms with E-state index in [0.29, 0.717) is 23.0 Å². The largest absolute Gasteiger partial charge is 0.480 e. The number of carboxylic acids is 1. The van der Waals surface area contributed by atoms with Crippen LogP contribution in [0, 0.1) is 5.92 Å². The van der Waals surface area contributed by atoms with Crippen molar-refractivity contribution >= 4 is 34.1 Å². The molecule has 1 heterocycles. The number of benzene rings is 1. The van der Waals surface area contributed by atoms with Crippen LogP contribution in [0.4, 0.5) is 5.00 Å². The van der Waals surface area contributed by atoms with Crippen molar-refractivity contribution in [1.29, 1.82) is 0 Å². The molecule has 2 aromatic rings. The lowest BCUT2D eigenvalue weighted by Gasteiger charge is -2.21. The Bertz CT molecular complexity index is 910. The summed E-state index contributed by atoms with van der Waals surface area (Å²) in [6.45, 7) is 1.64. The SMILES string of the molecule is CC[C@H]1CCc2c(sc(NC(=O)COCC(=O)O)c2C(=O)NCc2ccccc2)C1. The van der Waals surface area contributed by atoms with Gasteiger partial charge in [0.2, 0.25) is 0 Å². The number of carbonyl (C=O) groups is 3. The van der Waals surface area contributed by atoms with Gasteiger partial charge in [0, 0.05) is 11.4 Å². The Morgan fingerprint density at radius 2 is 1.97 bits per heavy atom. The first-order valence-electron chi connectivity index (χ1n) is 10.0. The molecule has 1 atom stereocenters. The summed E-state index contributed by atoms with van der Waals surface area (Å²) >= 11 is 1.43. The summed E-state index contributed by atoms with van der Waals surface area (Å²) in [6.07, 6.45) is 3.82. The fourth-order valence-corrected chi connectivity index (χ4v) is 4.97. The Morgan fingerprint density at radius 1 is 1.20 bits per heavy atom. The second kappa shape index (κ2) is 10.4. The molecule has 0 fully saturated rings. The van der Waals surface area contributed by atoms with Crippen molar-refractivity contribution in [3.63, 3.8) is 0 Å². The first-order chi connectivity index (χ1) is 14.5. The number of amides is 2. The Balaban J connectivity index is 1.77. The number of thiophene rings is 1. The van der Waals surface area contributed by atoms with Gasteiger partial charge in [0.25, 0.3) is 11.8 Å². The number of aliphatic carboxylic acids is 1. The number of carboxylic acid groups (broad SMARTS) is 1. The van der Waals surface area contributed by atoms with Crippen LogP contribution in [0.1, 0.15) is 46.1 Å². The Morgan fingerprint density at radius 3 is 2.67 bits per heavy atom. The van der Waals surface area contributed by atoms with Gasteiger partial charge < -0.3 is 20.5 Å². The Hall–Kier alpha value is -2.71. The maximum Gasteiger partial charge on any atom is 0.329 e. The number of nitrogens with one attached hydrogen (secondary N) is 2. The first kappa shape index (κ1) is 22.0. The number of hydrogen-bond donors (Lipinski definition) is 3. The minimum absolute atomic E-state index is 0.215. The smallest absolute Gasteiger partial charge is 0.329 e. The van der Waals surface area contributed by atoms with Crippen LogP contribution >= 0.6 is 11.3 Å². The van der Waals surface area contributed by atoms with Crippen molar-refractivity contribution in [2.75, 3.05) is 18.5 Å². The van der Waals surface area contributed by atoms with Gasteiger partial charge in [-0.15, -0.1) is 11.3 Å². The zero-order chi connectivity index (χ0) is 21.5. The first-order valence-corrected chi connectivity index (χ1v) is 10.9. The van der Waals surface area contributed by atoms with E-state index in [1.807, 2.05) is 30.3 Å². The van der Waals surface area contributed by atoms with E-state index in [9.17, 15) is 14.4 Å². The van der Waals surface area contributed by atoms with Crippen molar-refractivity contribution in [3.05, 3.63) is 51.9 Å².